The van der Waals surface area contributed by atoms with Gasteiger partial charge in [0.25, 0.3) is 0 Å². The summed E-state index contributed by atoms with van der Waals surface area (Å²) >= 11 is 0. The molecule has 0 radical (unpaired) electrons. The molecule has 0 saturated heterocycles. The van der Waals surface area contributed by atoms with Crippen molar-refractivity contribution in [2.45, 2.75) is 33.6 Å². The van der Waals surface area contributed by atoms with Crippen molar-refractivity contribution < 1.29 is 9.90 Å². The molecular weight excluding hydrogens is 204 g/mol. The molecule has 0 heterocycles. The van der Waals surface area contributed by atoms with Crippen LogP contribution >= 0.6 is 0 Å². The molecule has 1 amide bonds. The van der Waals surface area contributed by atoms with Gasteiger partial charge < -0.3 is 16.2 Å². The largest absolute Gasteiger partial charge is 0.396 e. The van der Waals surface area contributed by atoms with E-state index in [0.717, 1.165) is 12.8 Å². The molecule has 0 aromatic heterocycles. The summed E-state index contributed by atoms with van der Waals surface area (Å²) in [5.74, 6) is 0.558. The molecule has 0 aromatic carbocycles. The Kier molecular flexibility index (Phi) is 8.21. The number of amides is 1. The predicted molar refractivity (Wildman–Crippen MR) is 65.9 cm³/mol. The third kappa shape index (κ3) is 5.47. The summed E-state index contributed by atoms with van der Waals surface area (Å²) in [7, 11) is 0. The number of carbonyl (C=O) groups is 1. The molecule has 0 fully saturated rings. The molecule has 0 aromatic rings. The minimum Gasteiger partial charge on any atom is -0.396 e. The molecule has 0 spiro atoms. The van der Waals surface area contributed by atoms with E-state index in [-0.39, 0.29) is 24.3 Å². The van der Waals surface area contributed by atoms with E-state index in [1.807, 2.05) is 13.8 Å². The second-order valence-electron chi connectivity index (χ2n) is 4.62. The smallest absolute Gasteiger partial charge is 0.224 e. The lowest BCUT2D eigenvalue weighted by Gasteiger charge is -2.20. The Morgan fingerprint density at radius 3 is 2.44 bits per heavy atom. The van der Waals surface area contributed by atoms with E-state index in [4.69, 9.17) is 10.8 Å². The van der Waals surface area contributed by atoms with Gasteiger partial charge in [0, 0.05) is 19.7 Å². The third-order valence-electron chi connectivity index (χ3n) is 3.08. The summed E-state index contributed by atoms with van der Waals surface area (Å²) < 4.78 is 0. The molecule has 0 bridgehead atoms. The highest BCUT2D eigenvalue weighted by Crippen LogP contribution is 2.10. The number of carbonyl (C=O) groups excluding carboxylic acids is 1. The van der Waals surface area contributed by atoms with Gasteiger partial charge in [-0.1, -0.05) is 27.2 Å². The quantitative estimate of drug-likeness (QED) is 0.576. The first-order valence-electron chi connectivity index (χ1n) is 6.15. The minimum absolute atomic E-state index is 0.0360. The fraction of sp³-hybridized carbons (Fsp3) is 0.917. The SMILES string of the molecule is CCC(CCO)CNC(=O)C(CN)C(C)C. The van der Waals surface area contributed by atoms with Gasteiger partial charge in [0.2, 0.25) is 5.91 Å². The number of rotatable bonds is 8. The molecule has 4 nitrogen and oxygen atoms in total. The zero-order valence-electron chi connectivity index (χ0n) is 10.7. The highest BCUT2D eigenvalue weighted by Gasteiger charge is 2.20. The Hall–Kier alpha value is -0.610. The van der Waals surface area contributed by atoms with E-state index in [9.17, 15) is 4.79 Å². The highest BCUT2D eigenvalue weighted by atomic mass is 16.3. The van der Waals surface area contributed by atoms with Crippen molar-refractivity contribution in [1.29, 1.82) is 0 Å². The van der Waals surface area contributed by atoms with Crippen molar-refractivity contribution in [2.24, 2.45) is 23.5 Å². The van der Waals surface area contributed by atoms with Crippen LogP contribution in [0.25, 0.3) is 0 Å². The molecule has 2 atom stereocenters. The van der Waals surface area contributed by atoms with Crippen LogP contribution in [0.4, 0.5) is 0 Å². The standard InChI is InChI=1S/C12H26N2O2/c1-4-10(5-6-15)8-14-12(16)11(7-13)9(2)3/h9-11,15H,4-8,13H2,1-3H3,(H,14,16). The van der Waals surface area contributed by atoms with Crippen molar-refractivity contribution in [3.8, 4) is 0 Å². The molecule has 0 saturated carbocycles. The summed E-state index contributed by atoms with van der Waals surface area (Å²) in [6.45, 7) is 7.28. The second kappa shape index (κ2) is 8.53. The lowest BCUT2D eigenvalue weighted by atomic mass is 9.94. The first kappa shape index (κ1) is 15.4. The van der Waals surface area contributed by atoms with Crippen LogP contribution in [0.2, 0.25) is 0 Å². The van der Waals surface area contributed by atoms with Gasteiger partial charge >= 0.3 is 0 Å². The van der Waals surface area contributed by atoms with Crippen molar-refractivity contribution in [2.75, 3.05) is 19.7 Å². The zero-order valence-corrected chi connectivity index (χ0v) is 10.7. The van der Waals surface area contributed by atoms with E-state index in [1.165, 1.54) is 0 Å². The van der Waals surface area contributed by atoms with Crippen LogP contribution in [0.1, 0.15) is 33.6 Å². The minimum atomic E-state index is -0.105. The monoisotopic (exact) mass is 230 g/mol. The van der Waals surface area contributed by atoms with Gasteiger partial charge in [-0.3, -0.25) is 4.79 Å². The summed E-state index contributed by atoms with van der Waals surface area (Å²) in [4.78, 5) is 11.8. The van der Waals surface area contributed by atoms with Crippen LogP contribution < -0.4 is 11.1 Å². The fourth-order valence-electron chi connectivity index (χ4n) is 1.69. The first-order chi connectivity index (χ1) is 7.56. The number of aliphatic hydroxyl groups is 1. The lowest BCUT2D eigenvalue weighted by molar-refractivity contribution is -0.126. The van der Waals surface area contributed by atoms with E-state index >= 15 is 0 Å². The highest BCUT2D eigenvalue weighted by molar-refractivity contribution is 5.79. The van der Waals surface area contributed by atoms with Crippen LogP contribution in [0.3, 0.4) is 0 Å². The number of hydrogen-bond acceptors (Lipinski definition) is 3. The van der Waals surface area contributed by atoms with Gasteiger partial charge in [0.05, 0.1) is 5.92 Å². The maximum absolute atomic E-state index is 11.8. The van der Waals surface area contributed by atoms with E-state index in [2.05, 4.69) is 12.2 Å². The fourth-order valence-corrected chi connectivity index (χ4v) is 1.69. The van der Waals surface area contributed by atoms with Crippen LogP contribution in [-0.2, 0) is 4.79 Å². The Balaban J connectivity index is 4.03. The summed E-state index contributed by atoms with van der Waals surface area (Å²) in [6.07, 6.45) is 1.71. The van der Waals surface area contributed by atoms with Crippen molar-refractivity contribution >= 4 is 5.91 Å². The molecule has 4 N–H and O–H groups in total. The summed E-state index contributed by atoms with van der Waals surface area (Å²) in [5, 5.41) is 11.8. The number of nitrogens with one attached hydrogen (secondary N) is 1. The van der Waals surface area contributed by atoms with Gasteiger partial charge in [0.15, 0.2) is 0 Å². The average molecular weight is 230 g/mol. The Labute approximate surface area is 98.6 Å². The molecule has 96 valence electrons. The van der Waals surface area contributed by atoms with E-state index in [0.29, 0.717) is 19.0 Å². The number of nitrogens with two attached hydrogens (primary N) is 1. The lowest BCUT2D eigenvalue weighted by Crippen LogP contribution is -2.40. The molecule has 4 heteroatoms. The maximum Gasteiger partial charge on any atom is 0.224 e. The topological polar surface area (TPSA) is 75.3 Å². The predicted octanol–water partition coefficient (Wildman–Crippen LogP) is 0.742. The normalized spacial score (nSPS) is 14.9. The summed E-state index contributed by atoms with van der Waals surface area (Å²) in [6, 6.07) is 0. The summed E-state index contributed by atoms with van der Waals surface area (Å²) in [5.41, 5.74) is 5.57. The van der Waals surface area contributed by atoms with E-state index in [1.54, 1.807) is 0 Å². The van der Waals surface area contributed by atoms with Gasteiger partial charge in [0.1, 0.15) is 0 Å². The first-order valence-corrected chi connectivity index (χ1v) is 6.15. The average Bonchev–Trinajstić information content (AvgIpc) is 2.24. The second-order valence-corrected chi connectivity index (χ2v) is 4.62. The Bertz CT molecular complexity index is 195. The molecular formula is C12H26N2O2. The maximum atomic E-state index is 11.8. The van der Waals surface area contributed by atoms with E-state index < -0.39 is 0 Å². The van der Waals surface area contributed by atoms with Gasteiger partial charge in [-0.05, 0) is 18.3 Å². The van der Waals surface area contributed by atoms with Crippen LogP contribution in [-0.4, -0.2) is 30.7 Å². The number of hydrogen-bond donors (Lipinski definition) is 3. The van der Waals surface area contributed by atoms with Crippen LogP contribution in [0.15, 0.2) is 0 Å². The molecule has 0 aliphatic rings. The van der Waals surface area contributed by atoms with Crippen LogP contribution in [0, 0.1) is 17.8 Å². The molecule has 0 aliphatic carbocycles. The van der Waals surface area contributed by atoms with Crippen molar-refractivity contribution in [3.05, 3.63) is 0 Å². The molecule has 0 aliphatic heterocycles. The Morgan fingerprint density at radius 1 is 1.44 bits per heavy atom. The molecule has 16 heavy (non-hydrogen) atoms. The van der Waals surface area contributed by atoms with Crippen LogP contribution in [0.5, 0.6) is 0 Å². The molecule has 2 unspecified atom stereocenters. The van der Waals surface area contributed by atoms with Crippen molar-refractivity contribution in [1.82, 2.24) is 5.32 Å². The third-order valence-corrected chi connectivity index (χ3v) is 3.08. The van der Waals surface area contributed by atoms with Gasteiger partial charge in [-0.15, -0.1) is 0 Å². The van der Waals surface area contributed by atoms with Gasteiger partial charge in [-0.2, -0.15) is 0 Å². The Morgan fingerprint density at radius 2 is 2.06 bits per heavy atom. The molecule has 0 rings (SSSR count). The zero-order chi connectivity index (χ0) is 12.6. The number of aliphatic hydroxyl groups excluding tert-OH is 1. The van der Waals surface area contributed by atoms with Crippen molar-refractivity contribution in [3.63, 3.8) is 0 Å². The van der Waals surface area contributed by atoms with Gasteiger partial charge in [-0.25, -0.2) is 0 Å².